The highest BCUT2D eigenvalue weighted by atomic mass is 16.5. The van der Waals surface area contributed by atoms with Crippen LogP contribution in [-0.4, -0.2) is 25.1 Å². The summed E-state index contributed by atoms with van der Waals surface area (Å²) >= 11 is 0. The number of carbonyl (C=O) groups excluding carboxylic acids is 2. The van der Waals surface area contributed by atoms with Crippen molar-refractivity contribution in [3.63, 3.8) is 0 Å². The lowest BCUT2D eigenvalue weighted by molar-refractivity contribution is -0.130. The summed E-state index contributed by atoms with van der Waals surface area (Å²) in [5, 5.41) is 2.85. The lowest BCUT2D eigenvalue weighted by Crippen LogP contribution is -2.41. The average Bonchev–Trinajstić information content (AvgIpc) is 2.61. The number of nitrogens with one attached hydrogen (secondary N) is 1. The van der Waals surface area contributed by atoms with E-state index in [9.17, 15) is 9.59 Å². The Morgan fingerprint density at radius 1 is 1.17 bits per heavy atom. The average molecular weight is 325 g/mol. The fourth-order valence-electron chi connectivity index (χ4n) is 2.80. The van der Waals surface area contributed by atoms with Crippen LogP contribution in [0.4, 0.5) is 0 Å². The quantitative estimate of drug-likeness (QED) is 0.856. The molecule has 5 nitrogen and oxygen atoms in total. The number of carbonyl (C=O) groups is 2. The van der Waals surface area contributed by atoms with E-state index in [1.54, 1.807) is 19.2 Å². The molecule has 2 aromatic rings. The van der Waals surface area contributed by atoms with Crippen molar-refractivity contribution >= 4 is 11.9 Å². The number of cyclic esters (lactones) is 1. The highest BCUT2D eigenvalue weighted by Crippen LogP contribution is 2.20. The maximum absolute atomic E-state index is 12.4. The van der Waals surface area contributed by atoms with Crippen LogP contribution >= 0.6 is 0 Å². The van der Waals surface area contributed by atoms with Gasteiger partial charge in [-0.2, -0.15) is 0 Å². The summed E-state index contributed by atoms with van der Waals surface area (Å²) in [6.07, 6.45) is -0.394. The Morgan fingerprint density at radius 3 is 2.67 bits per heavy atom. The van der Waals surface area contributed by atoms with Crippen molar-refractivity contribution in [3.05, 3.63) is 70.8 Å². The first-order chi connectivity index (χ1) is 11.7. The lowest BCUT2D eigenvalue weighted by Gasteiger charge is -2.24. The summed E-state index contributed by atoms with van der Waals surface area (Å²) in [7, 11) is 1.63. The molecule has 1 aliphatic heterocycles. The van der Waals surface area contributed by atoms with Crippen molar-refractivity contribution in [2.24, 2.45) is 0 Å². The number of methoxy groups -OCH3 is 1. The molecule has 0 aliphatic carbocycles. The van der Waals surface area contributed by atoms with Crippen molar-refractivity contribution in [1.82, 2.24) is 5.32 Å². The van der Waals surface area contributed by atoms with Gasteiger partial charge < -0.3 is 14.8 Å². The van der Waals surface area contributed by atoms with Gasteiger partial charge in [0, 0.05) is 20.1 Å². The highest BCUT2D eigenvalue weighted by molar-refractivity contribution is 5.95. The first-order valence-corrected chi connectivity index (χ1v) is 7.81. The molecule has 1 heterocycles. The molecule has 0 saturated carbocycles. The Hall–Kier alpha value is -2.66. The molecule has 1 amide bonds. The topological polar surface area (TPSA) is 64.6 Å². The highest BCUT2D eigenvalue weighted by Gasteiger charge is 2.30. The standard InChI is InChI=1S/C19H19NO4/c1-23-12-15-8-3-2-7-14(15)11-20-18(21)17-10-13-6-4-5-9-16(13)19(22)24-17/h2-9,17H,10-12H2,1H3,(H,20,21)/t17-/m1/s1. The second-order valence-corrected chi connectivity index (χ2v) is 5.67. The van der Waals surface area contributed by atoms with Gasteiger partial charge in [-0.3, -0.25) is 4.79 Å². The largest absolute Gasteiger partial charge is 0.448 e. The van der Waals surface area contributed by atoms with Crippen molar-refractivity contribution in [2.45, 2.75) is 25.7 Å². The Labute approximate surface area is 140 Å². The van der Waals surface area contributed by atoms with Crippen LogP contribution in [0.5, 0.6) is 0 Å². The molecule has 3 rings (SSSR count). The van der Waals surface area contributed by atoms with Crippen LogP contribution in [0, 0.1) is 0 Å². The number of hydrogen-bond acceptors (Lipinski definition) is 4. The zero-order valence-electron chi connectivity index (χ0n) is 13.5. The molecule has 1 aliphatic rings. The van der Waals surface area contributed by atoms with Crippen LogP contribution in [0.15, 0.2) is 48.5 Å². The normalized spacial score (nSPS) is 16.2. The van der Waals surface area contributed by atoms with E-state index in [0.717, 1.165) is 16.7 Å². The molecule has 0 unspecified atom stereocenters. The number of esters is 1. The minimum atomic E-state index is -0.790. The van der Waals surface area contributed by atoms with Crippen LogP contribution in [0.2, 0.25) is 0 Å². The van der Waals surface area contributed by atoms with E-state index in [-0.39, 0.29) is 5.91 Å². The monoisotopic (exact) mass is 325 g/mol. The Bertz CT molecular complexity index is 757. The molecule has 1 atom stereocenters. The van der Waals surface area contributed by atoms with Gasteiger partial charge in [0.25, 0.3) is 5.91 Å². The van der Waals surface area contributed by atoms with E-state index in [1.807, 2.05) is 36.4 Å². The van der Waals surface area contributed by atoms with Crippen LogP contribution in [0.3, 0.4) is 0 Å². The van der Waals surface area contributed by atoms with Gasteiger partial charge in [0.2, 0.25) is 0 Å². The Morgan fingerprint density at radius 2 is 1.88 bits per heavy atom. The summed E-state index contributed by atoms with van der Waals surface area (Å²) in [5.74, 6) is -0.734. The zero-order valence-corrected chi connectivity index (χ0v) is 13.5. The van der Waals surface area contributed by atoms with Gasteiger partial charge in [-0.1, -0.05) is 42.5 Å². The third kappa shape index (κ3) is 3.46. The molecule has 0 spiro atoms. The van der Waals surface area contributed by atoms with Gasteiger partial charge in [0.1, 0.15) is 0 Å². The molecular formula is C19H19NO4. The third-order valence-corrected chi connectivity index (χ3v) is 4.06. The fourth-order valence-corrected chi connectivity index (χ4v) is 2.80. The van der Waals surface area contributed by atoms with Crippen LogP contribution in [0.1, 0.15) is 27.0 Å². The maximum atomic E-state index is 12.4. The summed E-state index contributed by atoms with van der Waals surface area (Å²) in [4.78, 5) is 24.4. The van der Waals surface area contributed by atoms with Gasteiger partial charge in [-0.05, 0) is 22.8 Å². The molecule has 0 aromatic heterocycles. The Kier molecular flexibility index (Phi) is 4.91. The van der Waals surface area contributed by atoms with Crippen LogP contribution in [0.25, 0.3) is 0 Å². The first kappa shape index (κ1) is 16.2. The van der Waals surface area contributed by atoms with E-state index >= 15 is 0 Å². The number of hydrogen-bond donors (Lipinski definition) is 1. The summed E-state index contributed by atoms with van der Waals surface area (Å²) in [5.41, 5.74) is 3.38. The predicted octanol–water partition coefficient (Wildman–Crippen LogP) is 2.23. The third-order valence-electron chi connectivity index (χ3n) is 4.06. The van der Waals surface area contributed by atoms with Crippen LogP contribution in [-0.2, 0) is 33.8 Å². The van der Waals surface area contributed by atoms with E-state index in [1.165, 1.54) is 0 Å². The van der Waals surface area contributed by atoms with E-state index in [2.05, 4.69) is 5.32 Å². The van der Waals surface area contributed by atoms with Gasteiger partial charge in [0.05, 0.1) is 12.2 Å². The van der Waals surface area contributed by atoms with Gasteiger partial charge in [0.15, 0.2) is 6.10 Å². The fraction of sp³-hybridized carbons (Fsp3) is 0.263. The number of rotatable bonds is 5. The molecule has 0 radical (unpaired) electrons. The number of benzene rings is 2. The summed E-state index contributed by atoms with van der Waals surface area (Å²) in [6.45, 7) is 0.853. The minimum Gasteiger partial charge on any atom is -0.448 e. The summed E-state index contributed by atoms with van der Waals surface area (Å²) in [6, 6.07) is 15.0. The molecule has 0 bridgehead atoms. The van der Waals surface area contributed by atoms with E-state index < -0.39 is 12.1 Å². The molecular weight excluding hydrogens is 306 g/mol. The SMILES string of the molecule is COCc1ccccc1CNC(=O)[C@H]1Cc2ccccc2C(=O)O1. The zero-order chi connectivity index (χ0) is 16.9. The van der Waals surface area contributed by atoms with Gasteiger partial charge in [-0.25, -0.2) is 4.79 Å². The number of amides is 1. The number of fused-ring (bicyclic) bond motifs is 1. The predicted molar refractivity (Wildman–Crippen MR) is 88.4 cm³/mol. The molecule has 0 saturated heterocycles. The molecule has 1 N–H and O–H groups in total. The van der Waals surface area contributed by atoms with Crippen molar-refractivity contribution in [1.29, 1.82) is 0 Å². The van der Waals surface area contributed by atoms with E-state index in [4.69, 9.17) is 9.47 Å². The van der Waals surface area contributed by atoms with Crippen molar-refractivity contribution in [2.75, 3.05) is 7.11 Å². The smallest absolute Gasteiger partial charge is 0.339 e. The van der Waals surface area contributed by atoms with Gasteiger partial charge >= 0.3 is 5.97 Å². The number of ether oxygens (including phenoxy) is 2. The molecule has 0 fully saturated rings. The molecule has 5 heteroatoms. The minimum absolute atomic E-state index is 0.287. The molecule has 124 valence electrons. The van der Waals surface area contributed by atoms with Crippen LogP contribution < -0.4 is 5.32 Å². The van der Waals surface area contributed by atoms with E-state index in [0.29, 0.717) is 25.1 Å². The summed E-state index contributed by atoms with van der Waals surface area (Å²) < 4.78 is 10.4. The molecule has 2 aromatic carbocycles. The second kappa shape index (κ2) is 7.27. The van der Waals surface area contributed by atoms with Crippen molar-refractivity contribution < 1.29 is 19.1 Å². The molecule has 24 heavy (non-hydrogen) atoms. The van der Waals surface area contributed by atoms with Gasteiger partial charge in [-0.15, -0.1) is 0 Å². The second-order valence-electron chi connectivity index (χ2n) is 5.67. The Balaban J connectivity index is 1.65. The maximum Gasteiger partial charge on any atom is 0.339 e. The first-order valence-electron chi connectivity index (χ1n) is 7.81. The lowest BCUT2D eigenvalue weighted by atomic mass is 9.98. The van der Waals surface area contributed by atoms with Crippen molar-refractivity contribution in [3.8, 4) is 0 Å².